The molecule has 0 spiro atoms. The van der Waals surface area contributed by atoms with Gasteiger partial charge in [0.2, 0.25) is 0 Å². The van der Waals surface area contributed by atoms with Crippen LogP contribution >= 0.6 is 11.3 Å². The van der Waals surface area contributed by atoms with Crippen LogP contribution < -0.4 is 9.54 Å². The molecular formula is C20H21FN2O3S. The smallest absolute Gasteiger partial charge is 0.252 e. The Labute approximate surface area is 160 Å². The fourth-order valence-corrected chi connectivity index (χ4v) is 4.00. The van der Waals surface area contributed by atoms with E-state index in [0.717, 1.165) is 27.1 Å². The van der Waals surface area contributed by atoms with Gasteiger partial charge in [0.25, 0.3) is 5.91 Å². The Morgan fingerprint density at radius 3 is 2.74 bits per heavy atom. The summed E-state index contributed by atoms with van der Waals surface area (Å²) in [4.78, 5) is 17.3. The molecule has 5 nitrogen and oxygen atoms in total. The molecular weight excluding hydrogens is 367 g/mol. The maximum Gasteiger partial charge on any atom is 0.252 e. The number of methoxy groups -OCH3 is 2. The normalized spacial score (nSPS) is 11.9. The van der Waals surface area contributed by atoms with E-state index < -0.39 is 0 Å². The third-order valence-corrected chi connectivity index (χ3v) is 5.24. The maximum atomic E-state index is 13.5. The van der Waals surface area contributed by atoms with Crippen LogP contribution in [0.4, 0.5) is 4.39 Å². The van der Waals surface area contributed by atoms with Crippen molar-refractivity contribution in [1.29, 1.82) is 0 Å². The summed E-state index contributed by atoms with van der Waals surface area (Å²) in [6, 6.07) is 10.2. The maximum absolute atomic E-state index is 13.5. The second-order valence-electron chi connectivity index (χ2n) is 6.13. The number of thiazole rings is 1. The van der Waals surface area contributed by atoms with Crippen LogP contribution in [0.25, 0.3) is 10.2 Å². The van der Waals surface area contributed by atoms with Gasteiger partial charge < -0.3 is 14.0 Å². The van der Waals surface area contributed by atoms with Crippen LogP contribution in [0.2, 0.25) is 0 Å². The van der Waals surface area contributed by atoms with Crippen molar-refractivity contribution in [3.05, 3.63) is 58.1 Å². The molecule has 0 N–H and O–H groups in total. The summed E-state index contributed by atoms with van der Waals surface area (Å²) in [6.07, 6.45) is 0.192. The highest BCUT2D eigenvalue weighted by atomic mass is 32.1. The summed E-state index contributed by atoms with van der Waals surface area (Å²) < 4.78 is 26.6. The first-order valence-electron chi connectivity index (χ1n) is 8.50. The van der Waals surface area contributed by atoms with Gasteiger partial charge in [-0.2, -0.15) is 4.99 Å². The Bertz CT molecular complexity index is 1040. The molecule has 0 saturated carbocycles. The highest BCUT2D eigenvalue weighted by molar-refractivity contribution is 7.16. The number of carbonyl (C=O) groups excluding carboxylic acids is 1. The number of nitrogens with zero attached hydrogens (tertiary/aromatic N) is 2. The van der Waals surface area contributed by atoms with Crippen LogP contribution in [0.3, 0.4) is 0 Å². The minimum Gasteiger partial charge on any atom is -0.496 e. The third kappa shape index (κ3) is 4.43. The van der Waals surface area contributed by atoms with Gasteiger partial charge in [0.15, 0.2) is 4.80 Å². The number of aromatic nitrogens is 1. The van der Waals surface area contributed by atoms with Gasteiger partial charge >= 0.3 is 0 Å². The molecule has 142 valence electrons. The van der Waals surface area contributed by atoms with E-state index in [-0.39, 0.29) is 18.1 Å². The van der Waals surface area contributed by atoms with Crippen molar-refractivity contribution in [1.82, 2.24) is 4.57 Å². The van der Waals surface area contributed by atoms with Gasteiger partial charge in [-0.15, -0.1) is 0 Å². The fourth-order valence-electron chi connectivity index (χ4n) is 2.90. The molecule has 0 atom stereocenters. The molecule has 0 saturated heterocycles. The molecule has 1 aromatic heterocycles. The fraction of sp³-hybridized carbons (Fsp3) is 0.300. The lowest BCUT2D eigenvalue weighted by Gasteiger charge is -2.06. The molecule has 3 aromatic rings. The van der Waals surface area contributed by atoms with Gasteiger partial charge in [-0.05, 0) is 42.3 Å². The lowest BCUT2D eigenvalue weighted by Crippen LogP contribution is -2.19. The van der Waals surface area contributed by atoms with E-state index in [1.807, 2.05) is 29.7 Å². The summed E-state index contributed by atoms with van der Waals surface area (Å²) in [5.41, 5.74) is 2.68. The van der Waals surface area contributed by atoms with Gasteiger partial charge in [0.05, 0.1) is 30.4 Å². The van der Waals surface area contributed by atoms with E-state index in [1.54, 1.807) is 20.3 Å². The molecule has 0 fully saturated rings. The summed E-state index contributed by atoms with van der Waals surface area (Å²) in [5, 5.41) is 0. The average molecular weight is 388 g/mol. The number of hydrogen-bond donors (Lipinski definition) is 0. The third-order valence-electron chi connectivity index (χ3n) is 4.20. The number of halogens is 1. The lowest BCUT2D eigenvalue weighted by molar-refractivity contribution is -0.117. The number of benzene rings is 2. The van der Waals surface area contributed by atoms with E-state index >= 15 is 0 Å². The van der Waals surface area contributed by atoms with Gasteiger partial charge in [0.1, 0.15) is 11.6 Å². The van der Waals surface area contributed by atoms with Crippen LogP contribution in [-0.4, -0.2) is 31.3 Å². The van der Waals surface area contributed by atoms with E-state index in [0.29, 0.717) is 18.0 Å². The zero-order valence-corrected chi connectivity index (χ0v) is 16.3. The Balaban J connectivity index is 1.93. The van der Waals surface area contributed by atoms with E-state index in [2.05, 4.69) is 4.99 Å². The number of fused-ring (bicyclic) bond motifs is 1. The van der Waals surface area contributed by atoms with Gasteiger partial charge in [-0.3, -0.25) is 4.79 Å². The molecule has 27 heavy (non-hydrogen) atoms. The first-order chi connectivity index (χ1) is 13.0. The van der Waals surface area contributed by atoms with Crippen LogP contribution in [0, 0.1) is 12.7 Å². The lowest BCUT2D eigenvalue weighted by atomic mass is 10.1. The average Bonchev–Trinajstić information content (AvgIpc) is 2.95. The molecule has 7 heteroatoms. The summed E-state index contributed by atoms with van der Waals surface area (Å²) in [6.45, 7) is 2.95. The Hall–Kier alpha value is -2.51. The first-order valence-corrected chi connectivity index (χ1v) is 9.32. The second kappa shape index (κ2) is 8.45. The minimum absolute atomic E-state index is 0.192. The standard InChI is InChI=1S/C20H21FN2O3S/c1-13-10-14(4-7-17(13)26-3)11-19(24)22-20-23(8-9-25-2)16-6-5-15(21)12-18(16)27-20/h4-7,10,12H,8-9,11H2,1-3H3. The molecule has 0 bridgehead atoms. The number of carbonyl (C=O) groups is 1. The zero-order chi connectivity index (χ0) is 19.4. The molecule has 1 amide bonds. The zero-order valence-electron chi connectivity index (χ0n) is 15.5. The Morgan fingerprint density at radius 1 is 1.22 bits per heavy atom. The number of rotatable bonds is 6. The molecule has 0 aliphatic rings. The molecule has 1 heterocycles. The van der Waals surface area contributed by atoms with Crippen molar-refractivity contribution in [2.45, 2.75) is 19.9 Å². The predicted octanol–water partition coefficient (Wildman–Crippen LogP) is 3.48. The highest BCUT2D eigenvalue weighted by Gasteiger charge is 2.10. The molecule has 0 aliphatic carbocycles. The topological polar surface area (TPSA) is 52.8 Å². The summed E-state index contributed by atoms with van der Waals surface area (Å²) in [5.74, 6) is 0.221. The number of amides is 1. The summed E-state index contributed by atoms with van der Waals surface area (Å²) >= 11 is 1.30. The SMILES string of the molecule is COCCn1c(=NC(=O)Cc2ccc(OC)c(C)c2)sc2cc(F)ccc21. The van der Waals surface area contributed by atoms with E-state index in [9.17, 15) is 9.18 Å². The molecule has 0 aliphatic heterocycles. The predicted molar refractivity (Wildman–Crippen MR) is 104 cm³/mol. The molecule has 3 rings (SSSR count). The minimum atomic E-state index is -0.311. The second-order valence-corrected chi connectivity index (χ2v) is 7.14. The van der Waals surface area contributed by atoms with Crippen LogP contribution in [-0.2, 0) is 22.5 Å². The molecule has 0 radical (unpaired) electrons. The molecule has 0 unspecified atom stereocenters. The van der Waals surface area contributed by atoms with Crippen molar-refractivity contribution in [3.8, 4) is 5.75 Å². The van der Waals surface area contributed by atoms with Crippen molar-refractivity contribution in [2.75, 3.05) is 20.8 Å². The van der Waals surface area contributed by atoms with Gasteiger partial charge in [-0.1, -0.05) is 23.5 Å². The Morgan fingerprint density at radius 2 is 2.04 bits per heavy atom. The van der Waals surface area contributed by atoms with E-state index in [4.69, 9.17) is 9.47 Å². The number of aryl methyl sites for hydroxylation is 1. The van der Waals surface area contributed by atoms with E-state index in [1.165, 1.54) is 23.5 Å². The quantitative estimate of drug-likeness (QED) is 0.650. The largest absolute Gasteiger partial charge is 0.496 e. The highest BCUT2D eigenvalue weighted by Crippen LogP contribution is 2.20. The van der Waals surface area contributed by atoms with Gasteiger partial charge in [-0.25, -0.2) is 4.39 Å². The number of ether oxygens (including phenoxy) is 2. The van der Waals surface area contributed by atoms with Crippen LogP contribution in [0.15, 0.2) is 41.4 Å². The number of hydrogen-bond acceptors (Lipinski definition) is 4. The van der Waals surface area contributed by atoms with Crippen molar-refractivity contribution in [3.63, 3.8) is 0 Å². The first kappa shape index (κ1) is 19.3. The summed E-state index contributed by atoms with van der Waals surface area (Å²) in [7, 11) is 3.23. The monoisotopic (exact) mass is 388 g/mol. The van der Waals surface area contributed by atoms with Crippen molar-refractivity contribution in [2.24, 2.45) is 4.99 Å². The van der Waals surface area contributed by atoms with Gasteiger partial charge in [0, 0.05) is 13.7 Å². The van der Waals surface area contributed by atoms with Crippen LogP contribution in [0.1, 0.15) is 11.1 Å². The Kier molecular flexibility index (Phi) is 6.03. The van der Waals surface area contributed by atoms with Crippen molar-refractivity contribution >= 4 is 27.5 Å². The molecule has 2 aromatic carbocycles. The van der Waals surface area contributed by atoms with Crippen molar-refractivity contribution < 1.29 is 18.7 Å². The van der Waals surface area contributed by atoms with Crippen LogP contribution in [0.5, 0.6) is 5.75 Å².